The zero-order valence-electron chi connectivity index (χ0n) is 15.1. The van der Waals surface area contributed by atoms with E-state index in [0.717, 1.165) is 11.1 Å². The molecule has 0 radical (unpaired) electrons. The molecule has 0 spiro atoms. The summed E-state index contributed by atoms with van der Waals surface area (Å²) < 4.78 is 13.1. The van der Waals surface area contributed by atoms with Gasteiger partial charge >= 0.3 is 5.97 Å². The molecule has 0 bridgehead atoms. The van der Waals surface area contributed by atoms with Crippen LogP contribution in [0, 0.1) is 5.82 Å². The maximum Gasteiger partial charge on any atom is 0.335 e. The Balaban J connectivity index is 1.49. The molecule has 4 aromatic rings. The number of amides is 1. The number of aromatic carboxylic acids is 1. The third-order valence-electron chi connectivity index (χ3n) is 4.52. The van der Waals surface area contributed by atoms with Crippen LogP contribution in [-0.4, -0.2) is 27.0 Å². The van der Waals surface area contributed by atoms with Gasteiger partial charge in [-0.3, -0.25) is 4.79 Å². The van der Waals surface area contributed by atoms with Gasteiger partial charge in [-0.1, -0.05) is 12.1 Å². The van der Waals surface area contributed by atoms with Crippen molar-refractivity contribution >= 4 is 22.9 Å². The number of carbonyl (C=O) groups is 2. The van der Waals surface area contributed by atoms with E-state index in [1.54, 1.807) is 42.5 Å². The molecule has 144 valence electrons. The Morgan fingerprint density at radius 3 is 2.34 bits per heavy atom. The summed E-state index contributed by atoms with van der Waals surface area (Å²) >= 11 is 0. The quantitative estimate of drug-likeness (QED) is 0.481. The monoisotopic (exact) mass is 389 g/mol. The molecule has 0 saturated carbocycles. The molecule has 1 aromatic heterocycles. The van der Waals surface area contributed by atoms with Crippen molar-refractivity contribution in [3.63, 3.8) is 0 Å². The van der Waals surface area contributed by atoms with Crippen LogP contribution in [0.5, 0.6) is 0 Å². The second-order valence-corrected chi connectivity index (χ2v) is 6.51. The molecule has 7 heteroatoms. The van der Waals surface area contributed by atoms with E-state index in [0.29, 0.717) is 22.4 Å². The summed E-state index contributed by atoms with van der Waals surface area (Å²) in [5.74, 6) is -0.974. The molecule has 0 aliphatic heterocycles. The number of rotatable bonds is 5. The maximum absolute atomic E-state index is 13.1. The molecule has 0 aliphatic rings. The second kappa shape index (κ2) is 7.55. The predicted octanol–water partition coefficient (Wildman–Crippen LogP) is 4.00. The van der Waals surface area contributed by atoms with Crippen LogP contribution in [0.2, 0.25) is 0 Å². The summed E-state index contributed by atoms with van der Waals surface area (Å²) in [4.78, 5) is 31.0. The normalized spacial score (nSPS) is 10.8. The molecule has 4 rings (SSSR count). The van der Waals surface area contributed by atoms with E-state index >= 15 is 0 Å². The van der Waals surface area contributed by atoms with Crippen LogP contribution in [-0.2, 0) is 6.54 Å². The van der Waals surface area contributed by atoms with Crippen LogP contribution < -0.4 is 5.32 Å². The Labute approximate surface area is 165 Å². The lowest BCUT2D eigenvalue weighted by Gasteiger charge is -2.06. The zero-order valence-corrected chi connectivity index (χ0v) is 15.1. The van der Waals surface area contributed by atoms with Gasteiger partial charge in [0.05, 0.1) is 16.6 Å². The van der Waals surface area contributed by atoms with Gasteiger partial charge < -0.3 is 15.4 Å². The van der Waals surface area contributed by atoms with Crippen LogP contribution in [0.1, 0.15) is 26.3 Å². The number of imidazole rings is 1. The highest BCUT2D eigenvalue weighted by atomic mass is 19.1. The Bertz CT molecular complexity index is 1200. The van der Waals surface area contributed by atoms with Crippen LogP contribution in [0.3, 0.4) is 0 Å². The number of carboxylic acids is 1. The number of carboxylic acid groups (broad SMARTS) is 1. The van der Waals surface area contributed by atoms with Gasteiger partial charge in [-0.05, 0) is 60.2 Å². The van der Waals surface area contributed by atoms with Crippen molar-refractivity contribution in [3.05, 3.63) is 89.2 Å². The second-order valence-electron chi connectivity index (χ2n) is 6.51. The Morgan fingerprint density at radius 2 is 1.66 bits per heavy atom. The Hall–Kier alpha value is -4.00. The first kappa shape index (κ1) is 18.4. The smallest absolute Gasteiger partial charge is 0.335 e. The third-order valence-corrected chi connectivity index (χ3v) is 4.52. The lowest BCUT2D eigenvalue weighted by Crippen LogP contribution is -2.22. The number of benzene rings is 3. The average Bonchev–Trinajstić information content (AvgIpc) is 3.16. The number of aromatic nitrogens is 2. The van der Waals surface area contributed by atoms with E-state index in [1.807, 2.05) is 0 Å². The summed E-state index contributed by atoms with van der Waals surface area (Å²) in [6.45, 7) is 0.278. The van der Waals surface area contributed by atoms with Crippen LogP contribution in [0.4, 0.5) is 4.39 Å². The predicted molar refractivity (Wildman–Crippen MR) is 106 cm³/mol. The fourth-order valence-corrected chi connectivity index (χ4v) is 2.94. The van der Waals surface area contributed by atoms with Crippen LogP contribution in [0.25, 0.3) is 22.4 Å². The number of hydrogen-bond donors (Lipinski definition) is 3. The van der Waals surface area contributed by atoms with Crippen molar-refractivity contribution in [2.45, 2.75) is 6.54 Å². The van der Waals surface area contributed by atoms with E-state index in [2.05, 4.69) is 15.3 Å². The summed E-state index contributed by atoms with van der Waals surface area (Å²) in [5.41, 5.74) is 3.60. The molecular formula is C22H16FN3O3. The van der Waals surface area contributed by atoms with Crippen molar-refractivity contribution < 1.29 is 19.1 Å². The van der Waals surface area contributed by atoms with Crippen molar-refractivity contribution in [1.29, 1.82) is 0 Å². The molecule has 6 nitrogen and oxygen atoms in total. The number of nitrogens with one attached hydrogen (secondary N) is 2. The summed E-state index contributed by atoms with van der Waals surface area (Å²) in [6, 6.07) is 17.5. The fourth-order valence-electron chi connectivity index (χ4n) is 2.94. The molecule has 0 fully saturated rings. The fraction of sp³-hybridized carbons (Fsp3) is 0.0455. The minimum atomic E-state index is -0.992. The van der Waals surface area contributed by atoms with Gasteiger partial charge in [0.25, 0.3) is 5.91 Å². The molecule has 0 atom stereocenters. The van der Waals surface area contributed by atoms with E-state index in [9.17, 15) is 14.0 Å². The average molecular weight is 389 g/mol. The van der Waals surface area contributed by atoms with Crippen molar-refractivity contribution in [2.75, 3.05) is 0 Å². The van der Waals surface area contributed by atoms with Gasteiger partial charge in [-0.15, -0.1) is 0 Å². The maximum atomic E-state index is 13.1. The number of H-pyrrole nitrogens is 1. The first-order chi connectivity index (χ1) is 14.0. The van der Waals surface area contributed by atoms with Crippen molar-refractivity contribution in [3.8, 4) is 11.4 Å². The molecule has 0 aliphatic carbocycles. The van der Waals surface area contributed by atoms with Crippen LogP contribution >= 0.6 is 0 Å². The first-order valence-electron chi connectivity index (χ1n) is 8.86. The summed E-state index contributed by atoms with van der Waals surface area (Å²) in [7, 11) is 0. The minimum Gasteiger partial charge on any atom is -0.478 e. The van der Waals surface area contributed by atoms with E-state index in [-0.39, 0.29) is 23.8 Å². The number of carbonyl (C=O) groups excluding carboxylic acids is 1. The summed E-state index contributed by atoms with van der Waals surface area (Å²) in [6.07, 6.45) is 0. The molecule has 3 N–H and O–H groups in total. The highest BCUT2D eigenvalue weighted by Crippen LogP contribution is 2.21. The van der Waals surface area contributed by atoms with Crippen LogP contribution in [0.15, 0.2) is 66.7 Å². The number of halogens is 1. The van der Waals surface area contributed by atoms with E-state index < -0.39 is 5.97 Å². The van der Waals surface area contributed by atoms with Gasteiger partial charge in [-0.2, -0.15) is 0 Å². The molecule has 1 amide bonds. The molecule has 1 heterocycles. The van der Waals surface area contributed by atoms with Gasteiger partial charge in [-0.25, -0.2) is 14.2 Å². The molecule has 0 saturated heterocycles. The van der Waals surface area contributed by atoms with Crippen molar-refractivity contribution in [2.24, 2.45) is 0 Å². The van der Waals surface area contributed by atoms with Gasteiger partial charge in [0.2, 0.25) is 0 Å². The topological polar surface area (TPSA) is 95.1 Å². The SMILES string of the molecule is O=C(O)c1ccc(CNC(=O)c2ccc3nc(-c4ccc(F)cc4)[nH]c3c2)cc1. The highest BCUT2D eigenvalue weighted by molar-refractivity contribution is 5.97. The summed E-state index contributed by atoms with van der Waals surface area (Å²) in [5, 5.41) is 11.7. The lowest BCUT2D eigenvalue weighted by atomic mass is 10.1. The Kier molecular flexibility index (Phi) is 4.78. The largest absolute Gasteiger partial charge is 0.478 e. The minimum absolute atomic E-state index is 0.196. The molecule has 0 unspecified atom stereocenters. The highest BCUT2D eigenvalue weighted by Gasteiger charge is 2.10. The van der Waals surface area contributed by atoms with Gasteiger partial charge in [0.1, 0.15) is 11.6 Å². The number of nitrogens with zero attached hydrogens (tertiary/aromatic N) is 1. The van der Waals surface area contributed by atoms with Gasteiger partial charge in [0.15, 0.2) is 0 Å². The van der Waals surface area contributed by atoms with E-state index in [1.165, 1.54) is 24.3 Å². The number of aromatic amines is 1. The standard InChI is InChI=1S/C22H16FN3O3/c23-17-8-5-14(6-9-17)20-25-18-10-7-16(11-19(18)26-20)21(27)24-12-13-1-3-15(4-2-13)22(28)29/h1-11H,12H2,(H,24,27)(H,25,26)(H,28,29). The van der Waals surface area contributed by atoms with Gasteiger partial charge in [0, 0.05) is 17.7 Å². The van der Waals surface area contributed by atoms with Crippen molar-refractivity contribution in [1.82, 2.24) is 15.3 Å². The molecular weight excluding hydrogens is 373 g/mol. The first-order valence-corrected chi connectivity index (χ1v) is 8.86. The number of hydrogen-bond acceptors (Lipinski definition) is 3. The lowest BCUT2D eigenvalue weighted by molar-refractivity contribution is 0.0696. The zero-order chi connectivity index (χ0) is 20.4. The molecule has 3 aromatic carbocycles. The third kappa shape index (κ3) is 3.98. The van der Waals surface area contributed by atoms with E-state index in [4.69, 9.17) is 5.11 Å². The Morgan fingerprint density at radius 1 is 0.966 bits per heavy atom. The molecule has 29 heavy (non-hydrogen) atoms. The number of fused-ring (bicyclic) bond motifs is 1.